The second-order valence-electron chi connectivity index (χ2n) is 4.91. The van der Waals surface area contributed by atoms with E-state index in [2.05, 4.69) is 27.9 Å². The molecule has 1 aliphatic heterocycles. The minimum atomic E-state index is 0.161. The molecule has 0 saturated carbocycles. The standard InChI is InChI=1S/C19H12BrNO3/c1-2-7-22-17-6-4-16(20)9-14(17)8-15(11-21)13-3-5-18-19(10-13)24-12-23-18/h1,3-6,8-10H,7,12H2/b15-8+. The van der Waals surface area contributed by atoms with Crippen molar-refractivity contribution in [2.75, 3.05) is 13.4 Å². The van der Waals surface area contributed by atoms with Crippen molar-refractivity contribution in [1.29, 1.82) is 5.26 Å². The summed E-state index contributed by atoms with van der Waals surface area (Å²) in [6.45, 7) is 0.356. The lowest BCUT2D eigenvalue weighted by atomic mass is 10.0. The smallest absolute Gasteiger partial charge is 0.231 e. The zero-order valence-corrected chi connectivity index (χ0v) is 14.2. The van der Waals surface area contributed by atoms with Crippen molar-refractivity contribution in [2.45, 2.75) is 0 Å². The van der Waals surface area contributed by atoms with E-state index in [9.17, 15) is 5.26 Å². The summed E-state index contributed by atoms with van der Waals surface area (Å²) in [7, 11) is 0. The van der Waals surface area contributed by atoms with Crippen LogP contribution in [0, 0.1) is 23.7 Å². The first kappa shape index (κ1) is 16.0. The van der Waals surface area contributed by atoms with Gasteiger partial charge in [-0.2, -0.15) is 5.26 Å². The second kappa shape index (κ2) is 7.12. The van der Waals surface area contributed by atoms with Gasteiger partial charge in [0.25, 0.3) is 0 Å². The quantitative estimate of drug-likeness (QED) is 0.451. The molecule has 0 spiro atoms. The zero-order chi connectivity index (χ0) is 16.9. The lowest BCUT2D eigenvalue weighted by molar-refractivity contribution is 0.174. The highest BCUT2D eigenvalue weighted by atomic mass is 79.9. The maximum Gasteiger partial charge on any atom is 0.231 e. The van der Waals surface area contributed by atoms with Crippen LogP contribution in [0.3, 0.4) is 0 Å². The molecule has 24 heavy (non-hydrogen) atoms. The van der Waals surface area contributed by atoms with Crippen molar-refractivity contribution >= 4 is 27.6 Å². The first-order valence-corrected chi connectivity index (χ1v) is 7.88. The van der Waals surface area contributed by atoms with Gasteiger partial charge in [0.05, 0.1) is 11.6 Å². The summed E-state index contributed by atoms with van der Waals surface area (Å²) in [4.78, 5) is 0. The fraction of sp³-hybridized carbons (Fsp3) is 0.105. The van der Waals surface area contributed by atoms with Crippen molar-refractivity contribution in [2.24, 2.45) is 0 Å². The summed E-state index contributed by atoms with van der Waals surface area (Å²) in [6.07, 6.45) is 7.01. The lowest BCUT2D eigenvalue weighted by Gasteiger charge is -2.08. The van der Waals surface area contributed by atoms with E-state index in [1.807, 2.05) is 24.3 Å². The molecule has 2 aromatic carbocycles. The Morgan fingerprint density at radius 1 is 1.25 bits per heavy atom. The van der Waals surface area contributed by atoms with Gasteiger partial charge in [-0.25, -0.2) is 0 Å². The van der Waals surface area contributed by atoms with E-state index in [-0.39, 0.29) is 13.4 Å². The van der Waals surface area contributed by atoms with Crippen LogP contribution >= 0.6 is 15.9 Å². The zero-order valence-electron chi connectivity index (χ0n) is 12.6. The van der Waals surface area contributed by atoms with Crippen molar-refractivity contribution in [1.82, 2.24) is 0 Å². The summed E-state index contributed by atoms with van der Waals surface area (Å²) in [5, 5.41) is 9.55. The van der Waals surface area contributed by atoms with Crippen molar-refractivity contribution in [3.05, 3.63) is 52.0 Å². The van der Waals surface area contributed by atoms with E-state index in [0.717, 1.165) is 15.6 Å². The molecule has 0 atom stereocenters. The number of nitrogens with zero attached hydrogens (tertiary/aromatic N) is 1. The predicted molar refractivity (Wildman–Crippen MR) is 94.5 cm³/mol. The Morgan fingerprint density at radius 2 is 2.08 bits per heavy atom. The number of halogens is 1. The largest absolute Gasteiger partial charge is 0.480 e. The van der Waals surface area contributed by atoms with Crippen molar-refractivity contribution < 1.29 is 14.2 Å². The lowest BCUT2D eigenvalue weighted by Crippen LogP contribution is -1.96. The van der Waals surface area contributed by atoms with Crippen LogP contribution in [-0.4, -0.2) is 13.4 Å². The molecule has 0 N–H and O–H groups in total. The number of allylic oxidation sites excluding steroid dienone is 1. The number of terminal acetylenes is 1. The van der Waals surface area contributed by atoms with E-state index >= 15 is 0 Å². The first-order chi connectivity index (χ1) is 11.7. The fourth-order valence-corrected chi connectivity index (χ4v) is 2.66. The fourth-order valence-electron chi connectivity index (χ4n) is 2.28. The maximum absolute atomic E-state index is 9.55. The second-order valence-corrected chi connectivity index (χ2v) is 5.83. The molecule has 5 heteroatoms. The topological polar surface area (TPSA) is 51.5 Å². The summed E-state index contributed by atoms with van der Waals surface area (Å²) < 4.78 is 17.1. The minimum absolute atomic E-state index is 0.161. The minimum Gasteiger partial charge on any atom is -0.480 e. The number of nitriles is 1. The Bertz CT molecular complexity index is 890. The van der Waals surface area contributed by atoms with Gasteiger partial charge in [-0.1, -0.05) is 21.9 Å². The van der Waals surface area contributed by atoms with Gasteiger partial charge in [0.1, 0.15) is 12.4 Å². The van der Waals surface area contributed by atoms with Gasteiger partial charge in [0.15, 0.2) is 11.5 Å². The van der Waals surface area contributed by atoms with Gasteiger partial charge in [-0.05, 0) is 48.0 Å². The highest BCUT2D eigenvalue weighted by Gasteiger charge is 2.15. The third kappa shape index (κ3) is 3.37. The number of hydrogen-bond donors (Lipinski definition) is 0. The Balaban J connectivity index is 2.01. The molecule has 0 saturated heterocycles. The van der Waals surface area contributed by atoms with E-state index < -0.39 is 0 Å². The average Bonchev–Trinajstić information content (AvgIpc) is 3.06. The third-order valence-corrected chi connectivity index (χ3v) is 3.88. The van der Waals surface area contributed by atoms with Gasteiger partial charge in [0.2, 0.25) is 6.79 Å². The number of ether oxygens (including phenoxy) is 3. The molecule has 0 unspecified atom stereocenters. The molecule has 0 radical (unpaired) electrons. The summed E-state index contributed by atoms with van der Waals surface area (Å²) in [6, 6.07) is 13.2. The molecule has 1 heterocycles. The molecule has 0 amide bonds. The average molecular weight is 382 g/mol. The highest BCUT2D eigenvalue weighted by molar-refractivity contribution is 9.10. The molecule has 3 rings (SSSR count). The molecular weight excluding hydrogens is 370 g/mol. The normalized spacial score (nSPS) is 12.4. The Hall–Kier alpha value is -2.89. The number of rotatable bonds is 4. The van der Waals surface area contributed by atoms with Crippen LogP contribution in [0.25, 0.3) is 11.6 Å². The van der Waals surface area contributed by atoms with E-state index in [1.54, 1.807) is 18.2 Å². The molecule has 0 aromatic heterocycles. The highest BCUT2D eigenvalue weighted by Crippen LogP contribution is 2.35. The SMILES string of the molecule is C#CCOc1ccc(Br)cc1/C=C(\C#N)c1ccc2c(c1)OCO2. The van der Waals surface area contributed by atoms with Gasteiger partial charge in [-0.3, -0.25) is 0 Å². The summed E-state index contributed by atoms with van der Waals surface area (Å²) in [5.74, 6) is 4.36. The molecule has 2 aromatic rings. The molecule has 0 fully saturated rings. The van der Waals surface area contributed by atoms with Gasteiger partial charge < -0.3 is 14.2 Å². The predicted octanol–water partition coefficient (Wildman–Crippen LogP) is 4.25. The molecule has 0 bridgehead atoms. The van der Waals surface area contributed by atoms with Crippen LogP contribution in [-0.2, 0) is 0 Å². The summed E-state index contributed by atoms with van der Waals surface area (Å²) >= 11 is 3.43. The van der Waals surface area contributed by atoms with E-state index in [1.165, 1.54) is 0 Å². The number of fused-ring (bicyclic) bond motifs is 1. The molecule has 1 aliphatic rings. The van der Waals surface area contributed by atoms with Crippen molar-refractivity contribution in [3.63, 3.8) is 0 Å². The van der Waals surface area contributed by atoms with Crippen LogP contribution < -0.4 is 14.2 Å². The van der Waals surface area contributed by atoms with Crippen molar-refractivity contribution in [3.8, 4) is 35.7 Å². The van der Waals surface area contributed by atoms with Crippen LogP contribution in [0.1, 0.15) is 11.1 Å². The van der Waals surface area contributed by atoms with Crippen LogP contribution in [0.2, 0.25) is 0 Å². The van der Waals surface area contributed by atoms with Gasteiger partial charge in [0, 0.05) is 10.0 Å². The van der Waals surface area contributed by atoms with E-state index in [0.29, 0.717) is 22.8 Å². The first-order valence-electron chi connectivity index (χ1n) is 7.09. The Labute approximate surface area is 148 Å². The number of benzene rings is 2. The molecular formula is C19H12BrNO3. The molecule has 4 nitrogen and oxygen atoms in total. The molecule has 0 aliphatic carbocycles. The molecule has 118 valence electrons. The van der Waals surface area contributed by atoms with Gasteiger partial charge in [-0.15, -0.1) is 6.42 Å². The van der Waals surface area contributed by atoms with Crippen LogP contribution in [0.5, 0.6) is 17.2 Å². The maximum atomic E-state index is 9.55. The third-order valence-electron chi connectivity index (χ3n) is 3.39. The van der Waals surface area contributed by atoms with Gasteiger partial charge >= 0.3 is 0 Å². The number of hydrogen-bond acceptors (Lipinski definition) is 4. The monoisotopic (exact) mass is 381 g/mol. The Kier molecular flexibility index (Phi) is 4.74. The Morgan fingerprint density at radius 3 is 2.88 bits per heavy atom. The summed E-state index contributed by atoms with van der Waals surface area (Å²) in [5.41, 5.74) is 1.98. The van der Waals surface area contributed by atoms with E-state index in [4.69, 9.17) is 20.6 Å². The van der Waals surface area contributed by atoms with Crippen LogP contribution in [0.4, 0.5) is 0 Å². The van der Waals surface area contributed by atoms with Crippen LogP contribution in [0.15, 0.2) is 40.9 Å².